The van der Waals surface area contributed by atoms with Crippen LogP contribution in [0.3, 0.4) is 0 Å². The molecule has 29 heavy (non-hydrogen) atoms. The lowest BCUT2D eigenvalue weighted by atomic mass is 9.99. The summed E-state index contributed by atoms with van der Waals surface area (Å²) in [6.45, 7) is 3.60. The van der Waals surface area contributed by atoms with Crippen LogP contribution < -0.4 is 10.1 Å². The highest BCUT2D eigenvalue weighted by atomic mass is 35.5. The number of nitrogens with one attached hydrogen (secondary N) is 1. The first-order chi connectivity index (χ1) is 13.0. The number of halogens is 5. The van der Waals surface area contributed by atoms with Gasteiger partial charge in [-0.25, -0.2) is 0 Å². The molecule has 1 N–H and O–H groups in total. The third-order valence-electron chi connectivity index (χ3n) is 4.81. The molecule has 2 aromatic carbocycles. The molecule has 2 aromatic rings. The van der Waals surface area contributed by atoms with Crippen molar-refractivity contribution >= 4 is 24.8 Å². The summed E-state index contributed by atoms with van der Waals surface area (Å²) in [7, 11) is 0. The van der Waals surface area contributed by atoms with Crippen LogP contribution in [-0.2, 0) is 6.61 Å². The molecule has 1 atom stereocenters. The number of hydrogen-bond acceptors (Lipinski definition) is 3. The van der Waals surface area contributed by atoms with E-state index >= 15 is 0 Å². The number of piperazine rings is 1. The standard InChI is InChI=1S/C21H25F3N2O.2ClH/c22-21(23,24)11-10-20(26-14-12-25-13-15-26)18-6-8-19(9-7-18)27-16-17-4-2-1-3-5-17;;/h1-9,20,25H,10-16H2;2*1H/t20-;;/m1../s1. The molecule has 0 unspecified atom stereocenters. The van der Waals surface area contributed by atoms with E-state index < -0.39 is 12.6 Å². The number of alkyl halides is 3. The maximum absolute atomic E-state index is 12.8. The normalized spacial score (nSPS) is 15.7. The number of benzene rings is 2. The second-order valence-corrected chi connectivity index (χ2v) is 6.80. The fourth-order valence-electron chi connectivity index (χ4n) is 3.38. The number of rotatable bonds is 7. The fraction of sp³-hybridized carbons (Fsp3) is 0.429. The molecule has 0 saturated carbocycles. The SMILES string of the molecule is Cl.Cl.FC(F)(F)CC[C@H](c1ccc(OCc2ccccc2)cc1)N1CCNCC1. The van der Waals surface area contributed by atoms with Gasteiger partial charge in [-0.15, -0.1) is 24.8 Å². The summed E-state index contributed by atoms with van der Waals surface area (Å²) in [4.78, 5) is 2.14. The zero-order valence-electron chi connectivity index (χ0n) is 16.0. The van der Waals surface area contributed by atoms with Gasteiger partial charge in [-0.2, -0.15) is 13.2 Å². The van der Waals surface area contributed by atoms with Crippen molar-refractivity contribution in [3.8, 4) is 5.75 Å². The van der Waals surface area contributed by atoms with Gasteiger partial charge in [0, 0.05) is 38.6 Å². The molecule has 3 rings (SSSR count). The van der Waals surface area contributed by atoms with Crippen LogP contribution in [0.15, 0.2) is 54.6 Å². The van der Waals surface area contributed by atoms with E-state index in [0.29, 0.717) is 6.61 Å². The molecule has 1 aliphatic heterocycles. The maximum Gasteiger partial charge on any atom is 0.389 e. The summed E-state index contributed by atoms with van der Waals surface area (Å²) in [6.07, 6.45) is -4.83. The van der Waals surface area contributed by atoms with Crippen molar-refractivity contribution in [3.63, 3.8) is 0 Å². The molecular formula is C21H27Cl2F3N2O. The Bertz CT molecular complexity index is 693. The van der Waals surface area contributed by atoms with Crippen molar-refractivity contribution in [1.29, 1.82) is 0 Å². The van der Waals surface area contributed by atoms with Crippen molar-refractivity contribution in [1.82, 2.24) is 10.2 Å². The van der Waals surface area contributed by atoms with Crippen LogP contribution >= 0.6 is 24.8 Å². The van der Waals surface area contributed by atoms with E-state index in [1.54, 1.807) is 0 Å². The van der Waals surface area contributed by atoms with Crippen LogP contribution in [0.1, 0.15) is 30.0 Å². The molecule has 8 heteroatoms. The second kappa shape index (κ2) is 12.3. The van der Waals surface area contributed by atoms with Gasteiger partial charge in [-0.1, -0.05) is 42.5 Å². The van der Waals surface area contributed by atoms with E-state index in [-0.39, 0.29) is 37.3 Å². The fourth-order valence-corrected chi connectivity index (χ4v) is 3.38. The van der Waals surface area contributed by atoms with Crippen LogP contribution in [0.25, 0.3) is 0 Å². The zero-order valence-corrected chi connectivity index (χ0v) is 17.7. The third-order valence-corrected chi connectivity index (χ3v) is 4.81. The summed E-state index contributed by atoms with van der Waals surface area (Å²) in [5.74, 6) is 0.720. The van der Waals surface area contributed by atoms with Crippen molar-refractivity contribution in [2.24, 2.45) is 0 Å². The van der Waals surface area contributed by atoms with E-state index in [1.165, 1.54) is 0 Å². The average molecular weight is 451 g/mol. The largest absolute Gasteiger partial charge is 0.489 e. The predicted molar refractivity (Wildman–Crippen MR) is 114 cm³/mol. The maximum atomic E-state index is 12.8. The van der Waals surface area contributed by atoms with Gasteiger partial charge < -0.3 is 10.1 Å². The Kier molecular flexibility index (Phi) is 10.8. The van der Waals surface area contributed by atoms with Crippen LogP contribution in [0.2, 0.25) is 0 Å². The van der Waals surface area contributed by atoms with Gasteiger partial charge >= 0.3 is 6.18 Å². The molecule has 162 valence electrons. The van der Waals surface area contributed by atoms with Crippen LogP contribution in [0.4, 0.5) is 13.2 Å². The average Bonchev–Trinajstić information content (AvgIpc) is 2.68. The molecule has 0 bridgehead atoms. The summed E-state index contributed by atoms with van der Waals surface area (Å²) >= 11 is 0. The summed E-state index contributed by atoms with van der Waals surface area (Å²) in [5, 5.41) is 3.25. The van der Waals surface area contributed by atoms with Crippen molar-refractivity contribution in [3.05, 3.63) is 65.7 Å². The van der Waals surface area contributed by atoms with Crippen LogP contribution in [0.5, 0.6) is 5.75 Å². The smallest absolute Gasteiger partial charge is 0.389 e. The Morgan fingerprint density at radius 2 is 1.55 bits per heavy atom. The van der Waals surface area contributed by atoms with E-state index in [0.717, 1.165) is 43.1 Å². The van der Waals surface area contributed by atoms with E-state index in [9.17, 15) is 13.2 Å². The lowest BCUT2D eigenvalue weighted by Gasteiger charge is -2.35. The van der Waals surface area contributed by atoms with E-state index in [4.69, 9.17) is 4.74 Å². The molecule has 0 spiro atoms. The number of hydrogen-bond donors (Lipinski definition) is 1. The first kappa shape index (κ1) is 25.6. The molecule has 1 heterocycles. The first-order valence-electron chi connectivity index (χ1n) is 9.29. The van der Waals surface area contributed by atoms with Crippen molar-refractivity contribution < 1.29 is 17.9 Å². The molecule has 0 aliphatic carbocycles. The monoisotopic (exact) mass is 450 g/mol. The van der Waals surface area contributed by atoms with Gasteiger partial charge in [-0.3, -0.25) is 4.90 Å². The highest BCUT2D eigenvalue weighted by molar-refractivity contribution is 5.85. The number of ether oxygens (including phenoxy) is 1. The third kappa shape index (κ3) is 8.42. The van der Waals surface area contributed by atoms with Crippen LogP contribution in [0, 0.1) is 0 Å². The zero-order chi connectivity index (χ0) is 19.1. The van der Waals surface area contributed by atoms with Crippen LogP contribution in [-0.4, -0.2) is 37.3 Å². The van der Waals surface area contributed by atoms with Crippen molar-refractivity contribution in [2.45, 2.75) is 31.7 Å². The molecular weight excluding hydrogens is 424 g/mol. The highest BCUT2D eigenvalue weighted by Gasteiger charge is 2.31. The topological polar surface area (TPSA) is 24.5 Å². The quantitative estimate of drug-likeness (QED) is 0.611. The first-order valence-corrected chi connectivity index (χ1v) is 9.29. The minimum atomic E-state index is -4.13. The van der Waals surface area contributed by atoms with Gasteiger partial charge in [-0.05, 0) is 29.7 Å². The Hall–Kier alpha value is -1.47. The van der Waals surface area contributed by atoms with Gasteiger partial charge in [0.1, 0.15) is 12.4 Å². The van der Waals surface area contributed by atoms with Gasteiger partial charge in [0.25, 0.3) is 0 Å². The lowest BCUT2D eigenvalue weighted by Crippen LogP contribution is -2.45. The Morgan fingerprint density at radius 1 is 0.931 bits per heavy atom. The molecule has 0 amide bonds. The molecule has 1 saturated heterocycles. The Morgan fingerprint density at radius 3 is 2.14 bits per heavy atom. The minimum absolute atomic E-state index is 0. The van der Waals surface area contributed by atoms with Gasteiger partial charge in [0.2, 0.25) is 0 Å². The highest BCUT2D eigenvalue weighted by Crippen LogP contribution is 2.32. The summed E-state index contributed by atoms with van der Waals surface area (Å²) in [5.41, 5.74) is 1.98. The second-order valence-electron chi connectivity index (χ2n) is 6.80. The summed E-state index contributed by atoms with van der Waals surface area (Å²) < 4.78 is 44.1. The Balaban J connectivity index is 0.00000210. The number of nitrogens with zero attached hydrogens (tertiary/aromatic N) is 1. The summed E-state index contributed by atoms with van der Waals surface area (Å²) in [6, 6.07) is 17.1. The lowest BCUT2D eigenvalue weighted by molar-refractivity contribution is -0.138. The van der Waals surface area contributed by atoms with Crippen molar-refractivity contribution in [2.75, 3.05) is 26.2 Å². The van der Waals surface area contributed by atoms with Gasteiger partial charge in [0.05, 0.1) is 0 Å². The Labute approximate surface area is 182 Å². The molecule has 1 aliphatic rings. The molecule has 3 nitrogen and oxygen atoms in total. The minimum Gasteiger partial charge on any atom is -0.489 e. The molecule has 1 fully saturated rings. The van der Waals surface area contributed by atoms with E-state index in [2.05, 4.69) is 10.2 Å². The van der Waals surface area contributed by atoms with Gasteiger partial charge in [0.15, 0.2) is 0 Å². The van der Waals surface area contributed by atoms with E-state index in [1.807, 2.05) is 54.6 Å². The molecule has 0 aromatic heterocycles. The predicted octanol–water partition coefficient (Wildman–Crippen LogP) is 5.40. The molecule has 0 radical (unpaired) electrons.